The summed E-state index contributed by atoms with van der Waals surface area (Å²) in [7, 11) is 3.07. The van der Waals surface area contributed by atoms with Gasteiger partial charge in [-0.1, -0.05) is 49.4 Å². The van der Waals surface area contributed by atoms with Gasteiger partial charge in [0.05, 0.1) is 19.5 Å². The molecule has 1 atom stereocenters. The Morgan fingerprint density at radius 2 is 1.56 bits per heavy atom. The fraction of sp³-hybridized carbons (Fsp3) is 0.194. The third kappa shape index (κ3) is 8.77. The summed E-state index contributed by atoms with van der Waals surface area (Å²) in [6, 6.07) is 27.0. The van der Waals surface area contributed by atoms with Crippen molar-refractivity contribution in [3.05, 3.63) is 119 Å². The van der Waals surface area contributed by atoms with Gasteiger partial charge in [-0.25, -0.2) is 0 Å². The lowest BCUT2D eigenvalue weighted by Gasteiger charge is -2.17. The first-order chi connectivity index (χ1) is 21.7. The minimum Gasteiger partial charge on any atom is -0.493 e. The van der Waals surface area contributed by atoms with Crippen LogP contribution in [0.3, 0.4) is 0 Å². The van der Waals surface area contributed by atoms with E-state index in [2.05, 4.69) is 16.0 Å². The summed E-state index contributed by atoms with van der Waals surface area (Å²) in [4.78, 5) is 40.6. The summed E-state index contributed by atoms with van der Waals surface area (Å²) in [6.07, 6.45) is 2.18. The van der Waals surface area contributed by atoms with Crippen molar-refractivity contribution in [2.24, 2.45) is 0 Å². The molecule has 8 nitrogen and oxygen atoms in total. The van der Waals surface area contributed by atoms with Crippen LogP contribution >= 0.6 is 11.8 Å². The van der Waals surface area contributed by atoms with E-state index in [1.165, 1.54) is 18.9 Å². The molecule has 0 aliphatic rings. The number of thioether (sulfide) groups is 1. The molecule has 0 radical (unpaired) electrons. The molecule has 0 saturated carbocycles. The Hall–Kier alpha value is -5.02. The summed E-state index contributed by atoms with van der Waals surface area (Å²) in [5, 5.41) is 8.36. The molecule has 0 aliphatic carbocycles. The molecule has 0 saturated heterocycles. The number of hydrogen-bond acceptors (Lipinski definition) is 6. The van der Waals surface area contributed by atoms with Gasteiger partial charge < -0.3 is 25.4 Å². The third-order valence-electron chi connectivity index (χ3n) is 7.14. The first-order valence-corrected chi connectivity index (χ1v) is 15.4. The Labute approximate surface area is 268 Å². The summed E-state index contributed by atoms with van der Waals surface area (Å²) in [6.45, 7) is 5.96. The Bertz CT molecular complexity index is 1700. The van der Waals surface area contributed by atoms with Crippen LogP contribution in [0.5, 0.6) is 11.5 Å². The second kappa shape index (κ2) is 15.6. The van der Waals surface area contributed by atoms with Crippen molar-refractivity contribution in [1.82, 2.24) is 5.32 Å². The molecule has 4 aromatic rings. The lowest BCUT2D eigenvalue weighted by molar-refractivity contribution is -0.116. The van der Waals surface area contributed by atoms with Gasteiger partial charge in [0.2, 0.25) is 5.91 Å². The SMILES string of the molecule is CCC(Sc1cccc(NC(=O)/C(=C\c2ccc(OC)c(OC)c2)NC(=O)c2ccccc2)c1)C(=O)Nc1cccc(C)c1C. The molecule has 0 spiro atoms. The Kier molecular flexibility index (Phi) is 11.4. The molecule has 3 amide bonds. The van der Waals surface area contributed by atoms with Crippen LogP contribution in [-0.2, 0) is 9.59 Å². The predicted octanol–water partition coefficient (Wildman–Crippen LogP) is 7.24. The number of anilines is 2. The fourth-order valence-electron chi connectivity index (χ4n) is 4.48. The van der Waals surface area contributed by atoms with Gasteiger partial charge in [0.25, 0.3) is 11.8 Å². The van der Waals surface area contributed by atoms with Gasteiger partial charge in [-0.3, -0.25) is 14.4 Å². The van der Waals surface area contributed by atoms with Crippen molar-refractivity contribution in [2.45, 2.75) is 37.3 Å². The molecule has 3 N–H and O–H groups in total. The number of benzene rings is 4. The average Bonchev–Trinajstić information content (AvgIpc) is 3.05. The predicted molar refractivity (Wildman–Crippen MR) is 181 cm³/mol. The second-order valence-corrected chi connectivity index (χ2v) is 11.5. The summed E-state index contributed by atoms with van der Waals surface area (Å²) in [5.74, 6) is -0.0127. The summed E-state index contributed by atoms with van der Waals surface area (Å²) in [5.41, 5.74) is 4.52. The zero-order chi connectivity index (χ0) is 32.3. The van der Waals surface area contributed by atoms with Crippen LogP contribution in [0.2, 0.25) is 0 Å². The van der Waals surface area contributed by atoms with Gasteiger partial charge in [-0.05, 0) is 91.6 Å². The number of ether oxygens (including phenoxy) is 2. The van der Waals surface area contributed by atoms with E-state index in [9.17, 15) is 14.4 Å². The highest BCUT2D eigenvalue weighted by molar-refractivity contribution is 8.00. The van der Waals surface area contributed by atoms with Crippen molar-refractivity contribution < 1.29 is 23.9 Å². The third-order valence-corrected chi connectivity index (χ3v) is 8.50. The van der Waals surface area contributed by atoms with E-state index in [0.717, 1.165) is 21.7 Å². The first-order valence-electron chi connectivity index (χ1n) is 14.5. The molecule has 45 heavy (non-hydrogen) atoms. The van der Waals surface area contributed by atoms with Crippen LogP contribution in [0.1, 0.15) is 40.4 Å². The maximum atomic E-state index is 13.6. The summed E-state index contributed by atoms with van der Waals surface area (Å²) >= 11 is 1.42. The van der Waals surface area contributed by atoms with Crippen molar-refractivity contribution in [1.29, 1.82) is 0 Å². The molecule has 4 rings (SSSR count). The van der Waals surface area contributed by atoms with Crippen LogP contribution in [0.25, 0.3) is 6.08 Å². The number of rotatable bonds is 12. The maximum absolute atomic E-state index is 13.6. The minimum atomic E-state index is -0.518. The number of amides is 3. The zero-order valence-electron chi connectivity index (χ0n) is 26.0. The van der Waals surface area contributed by atoms with Crippen molar-refractivity contribution in [3.8, 4) is 11.5 Å². The van der Waals surface area contributed by atoms with Crippen LogP contribution in [-0.4, -0.2) is 37.2 Å². The monoisotopic (exact) mass is 623 g/mol. The zero-order valence-corrected chi connectivity index (χ0v) is 26.8. The molecule has 0 aliphatic heterocycles. The van der Waals surface area contributed by atoms with Crippen molar-refractivity contribution in [3.63, 3.8) is 0 Å². The molecule has 0 heterocycles. The molecule has 0 aromatic heterocycles. The molecule has 0 fully saturated rings. The van der Waals surface area contributed by atoms with E-state index in [1.54, 1.807) is 61.7 Å². The highest BCUT2D eigenvalue weighted by Crippen LogP contribution is 2.30. The van der Waals surface area contributed by atoms with E-state index < -0.39 is 11.8 Å². The normalized spacial score (nSPS) is 11.7. The van der Waals surface area contributed by atoms with Crippen molar-refractivity contribution in [2.75, 3.05) is 24.9 Å². The Morgan fingerprint density at radius 1 is 0.822 bits per heavy atom. The van der Waals surface area contributed by atoms with Gasteiger partial charge in [0, 0.05) is 21.8 Å². The number of aryl methyl sites for hydroxylation is 1. The van der Waals surface area contributed by atoms with Gasteiger partial charge in [-0.15, -0.1) is 11.8 Å². The van der Waals surface area contributed by atoms with E-state index >= 15 is 0 Å². The van der Waals surface area contributed by atoms with Crippen LogP contribution in [0.15, 0.2) is 102 Å². The Balaban J connectivity index is 1.54. The molecule has 9 heteroatoms. The number of hydrogen-bond donors (Lipinski definition) is 3. The van der Waals surface area contributed by atoms with Crippen molar-refractivity contribution >= 4 is 46.9 Å². The standard InChI is InChI=1S/C36H37N3O5S/c1-6-33(36(42)38-29-17-10-12-23(2)24(29)3)45-28-16-11-15-27(22-28)37-35(41)30(39-34(40)26-13-8-7-9-14-26)20-25-18-19-31(43-4)32(21-25)44-5/h7-22,33H,6H2,1-5H3,(H,37,41)(H,38,42)(H,39,40)/b30-20+. The van der Waals surface area contributed by atoms with Gasteiger partial charge in [0.1, 0.15) is 5.70 Å². The van der Waals surface area contributed by atoms with E-state index in [-0.39, 0.29) is 16.9 Å². The topological polar surface area (TPSA) is 106 Å². The van der Waals surface area contributed by atoms with Gasteiger partial charge >= 0.3 is 0 Å². The molecule has 232 valence electrons. The molecule has 4 aromatic carbocycles. The van der Waals surface area contributed by atoms with E-state index in [0.29, 0.717) is 34.7 Å². The molecular weight excluding hydrogens is 586 g/mol. The van der Waals surface area contributed by atoms with Crippen LogP contribution in [0, 0.1) is 13.8 Å². The largest absolute Gasteiger partial charge is 0.493 e. The highest BCUT2D eigenvalue weighted by Gasteiger charge is 2.20. The maximum Gasteiger partial charge on any atom is 0.272 e. The number of carbonyl (C=O) groups excluding carboxylic acids is 3. The average molecular weight is 624 g/mol. The highest BCUT2D eigenvalue weighted by atomic mass is 32.2. The molecule has 1 unspecified atom stereocenters. The summed E-state index contributed by atoms with van der Waals surface area (Å²) < 4.78 is 10.7. The van der Waals surface area contributed by atoms with Crippen LogP contribution < -0.4 is 25.4 Å². The van der Waals surface area contributed by atoms with Gasteiger partial charge in [-0.2, -0.15) is 0 Å². The minimum absolute atomic E-state index is 0.0356. The second-order valence-electron chi connectivity index (χ2n) is 10.2. The number of nitrogens with one attached hydrogen (secondary N) is 3. The number of methoxy groups -OCH3 is 2. The van der Waals surface area contributed by atoms with Gasteiger partial charge in [0.15, 0.2) is 11.5 Å². The van der Waals surface area contributed by atoms with E-state index in [1.807, 2.05) is 63.2 Å². The Morgan fingerprint density at radius 3 is 2.27 bits per heavy atom. The lowest BCUT2D eigenvalue weighted by Crippen LogP contribution is -2.30. The number of carbonyl (C=O) groups is 3. The smallest absolute Gasteiger partial charge is 0.272 e. The molecule has 0 bridgehead atoms. The first kappa shape index (κ1) is 32.9. The van der Waals surface area contributed by atoms with Crippen LogP contribution in [0.4, 0.5) is 11.4 Å². The lowest BCUT2D eigenvalue weighted by atomic mass is 10.1. The quantitative estimate of drug-likeness (QED) is 0.114. The van der Waals surface area contributed by atoms with E-state index in [4.69, 9.17) is 9.47 Å². The molecular formula is C36H37N3O5S. The fourth-order valence-corrected chi connectivity index (χ4v) is 5.50.